The van der Waals surface area contributed by atoms with Gasteiger partial charge in [0.25, 0.3) is 0 Å². The van der Waals surface area contributed by atoms with Crippen LogP contribution in [-0.4, -0.2) is 27.8 Å². The van der Waals surface area contributed by atoms with Gasteiger partial charge in [-0.25, -0.2) is 0 Å². The van der Waals surface area contributed by atoms with E-state index in [0.717, 1.165) is 11.8 Å². The van der Waals surface area contributed by atoms with Gasteiger partial charge in [0.05, 0.1) is 12.2 Å². The highest BCUT2D eigenvalue weighted by Crippen LogP contribution is 2.20. The average Bonchev–Trinajstić information content (AvgIpc) is 1.95. The lowest BCUT2D eigenvalue weighted by atomic mass is 9.91. The van der Waals surface area contributed by atoms with Crippen LogP contribution in [0.4, 0.5) is 0 Å². The molecule has 58 valence electrons. The van der Waals surface area contributed by atoms with Gasteiger partial charge < -0.3 is 10.2 Å². The number of hydrogen-bond donors (Lipinski definition) is 2. The minimum Gasteiger partial charge on any atom is -0.390 e. The zero-order valence-corrected chi connectivity index (χ0v) is 7.16. The fraction of sp³-hybridized carbons (Fsp3) is 0.714. The highest BCUT2D eigenvalue weighted by molar-refractivity contribution is 9.09. The van der Waals surface area contributed by atoms with Crippen molar-refractivity contribution in [3.05, 3.63) is 12.2 Å². The van der Waals surface area contributed by atoms with E-state index in [9.17, 15) is 5.11 Å². The second kappa shape index (κ2) is 3.51. The van der Waals surface area contributed by atoms with Crippen molar-refractivity contribution in [2.24, 2.45) is 5.92 Å². The third-order valence-corrected chi connectivity index (χ3v) is 2.63. The smallest absolute Gasteiger partial charge is 0.0983 e. The van der Waals surface area contributed by atoms with Gasteiger partial charge in [0.15, 0.2) is 0 Å². The molecule has 2 N–H and O–H groups in total. The topological polar surface area (TPSA) is 40.5 Å². The van der Waals surface area contributed by atoms with Gasteiger partial charge in [0.2, 0.25) is 0 Å². The zero-order valence-electron chi connectivity index (χ0n) is 5.57. The zero-order chi connectivity index (χ0) is 7.56. The molecular weight excluding hydrogens is 196 g/mol. The van der Waals surface area contributed by atoms with Crippen LogP contribution in [0.3, 0.4) is 0 Å². The van der Waals surface area contributed by atoms with Crippen molar-refractivity contribution in [3.63, 3.8) is 0 Å². The predicted molar refractivity (Wildman–Crippen MR) is 43.1 cm³/mol. The van der Waals surface area contributed by atoms with Gasteiger partial charge in [-0.3, -0.25) is 0 Å². The summed E-state index contributed by atoms with van der Waals surface area (Å²) in [7, 11) is 0. The van der Waals surface area contributed by atoms with Crippen LogP contribution in [0.1, 0.15) is 6.42 Å². The van der Waals surface area contributed by atoms with Gasteiger partial charge in [0, 0.05) is 11.2 Å². The molecule has 0 saturated heterocycles. The Bertz CT molecular complexity index is 136. The summed E-state index contributed by atoms with van der Waals surface area (Å²) in [5.74, 6) is 0.167. The largest absolute Gasteiger partial charge is 0.390 e. The summed E-state index contributed by atoms with van der Waals surface area (Å²) >= 11 is 3.27. The molecule has 2 nitrogen and oxygen atoms in total. The standard InChI is InChI=1S/C7H11BrO2/c8-4-5-2-1-3-6(9)7(5)10/h1,3,5-7,9-10H,2,4H2/t5-,6-,7-/m0/s1. The monoisotopic (exact) mass is 206 g/mol. The molecule has 1 rings (SSSR count). The molecule has 1 aliphatic rings. The molecule has 0 heterocycles. The first-order chi connectivity index (χ1) is 4.75. The van der Waals surface area contributed by atoms with Gasteiger partial charge in [-0.2, -0.15) is 0 Å². The molecule has 0 aromatic rings. The van der Waals surface area contributed by atoms with Crippen molar-refractivity contribution in [2.45, 2.75) is 18.6 Å². The molecular formula is C7H11BrO2. The summed E-state index contributed by atoms with van der Waals surface area (Å²) in [6.07, 6.45) is 3.14. The molecule has 0 amide bonds. The molecule has 0 fully saturated rings. The van der Waals surface area contributed by atoms with Gasteiger partial charge in [-0.1, -0.05) is 28.1 Å². The Morgan fingerprint density at radius 3 is 2.70 bits per heavy atom. The predicted octanol–water partition coefficient (Wildman–Crippen LogP) is 0.679. The number of alkyl halides is 1. The van der Waals surface area contributed by atoms with Gasteiger partial charge in [-0.15, -0.1) is 0 Å². The van der Waals surface area contributed by atoms with E-state index in [1.54, 1.807) is 6.08 Å². The summed E-state index contributed by atoms with van der Waals surface area (Å²) in [5, 5.41) is 19.2. The van der Waals surface area contributed by atoms with Crippen LogP contribution in [0.25, 0.3) is 0 Å². The summed E-state index contributed by atoms with van der Waals surface area (Å²) < 4.78 is 0. The molecule has 0 bridgehead atoms. The molecule has 10 heavy (non-hydrogen) atoms. The van der Waals surface area contributed by atoms with Gasteiger partial charge >= 0.3 is 0 Å². The van der Waals surface area contributed by atoms with Crippen molar-refractivity contribution >= 4 is 15.9 Å². The second-order valence-corrected chi connectivity index (χ2v) is 3.21. The van der Waals surface area contributed by atoms with Crippen LogP contribution in [0.15, 0.2) is 12.2 Å². The van der Waals surface area contributed by atoms with Crippen LogP contribution in [0.2, 0.25) is 0 Å². The number of hydrogen-bond acceptors (Lipinski definition) is 2. The number of halogens is 1. The Labute approximate surface area is 68.7 Å². The van der Waals surface area contributed by atoms with Crippen molar-refractivity contribution in [1.82, 2.24) is 0 Å². The summed E-state index contributed by atoms with van der Waals surface area (Å²) in [4.78, 5) is 0. The third kappa shape index (κ3) is 1.59. The van der Waals surface area contributed by atoms with E-state index in [4.69, 9.17) is 5.11 Å². The van der Waals surface area contributed by atoms with Crippen molar-refractivity contribution < 1.29 is 10.2 Å². The number of allylic oxidation sites excluding steroid dienone is 1. The Kier molecular flexibility index (Phi) is 2.89. The Morgan fingerprint density at radius 1 is 1.50 bits per heavy atom. The number of aliphatic hydroxyl groups excluding tert-OH is 2. The first kappa shape index (κ1) is 8.24. The van der Waals surface area contributed by atoms with Crippen molar-refractivity contribution in [1.29, 1.82) is 0 Å². The molecule has 0 unspecified atom stereocenters. The minimum atomic E-state index is -0.670. The lowest BCUT2D eigenvalue weighted by molar-refractivity contribution is 0.00962. The average molecular weight is 207 g/mol. The molecule has 0 spiro atoms. The van der Waals surface area contributed by atoms with Crippen molar-refractivity contribution in [2.75, 3.05) is 5.33 Å². The van der Waals surface area contributed by atoms with Gasteiger partial charge in [-0.05, 0) is 6.42 Å². The lowest BCUT2D eigenvalue weighted by Crippen LogP contribution is -2.35. The van der Waals surface area contributed by atoms with Crippen LogP contribution in [0.5, 0.6) is 0 Å². The van der Waals surface area contributed by atoms with E-state index in [1.165, 1.54) is 0 Å². The Morgan fingerprint density at radius 2 is 2.20 bits per heavy atom. The third-order valence-electron chi connectivity index (χ3n) is 1.80. The van der Waals surface area contributed by atoms with E-state index in [-0.39, 0.29) is 5.92 Å². The molecule has 0 saturated carbocycles. The van der Waals surface area contributed by atoms with E-state index in [2.05, 4.69) is 15.9 Å². The van der Waals surface area contributed by atoms with E-state index >= 15 is 0 Å². The first-order valence-electron chi connectivity index (χ1n) is 3.34. The second-order valence-electron chi connectivity index (χ2n) is 2.56. The fourth-order valence-corrected chi connectivity index (χ4v) is 1.73. The highest BCUT2D eigenvalue weighted by atomic mass is 79.9. The van der Waals surface area contributed by atoms with Crippen LogP contribution in [-0.2, 0) is 0 Å². The van der Waals surface area contributed by atoms with E-state index in [1.807, 2.05) is 6.08 Å². The van der Waals surface area contributed by atoms with Crippen LogP contribution < -0.4 is 0 Å². The summed E-state index contributed by atoms with van der Waals surface area (Å²) in [6.45, 7) is 0. The molecule has 1 aliphatic carbocycles. The maximum Gasteiger partial charge on any atom is 0.0983 e. The van der Waals surface area contributed by atoms with E-state index < -0.39 is 12.2 Å². The molecule has 3 heteroatoms. The quantitative estimate of drug-likeness (QED) is 0.490. The van der Waals surface area contributed by atoms with Gasteiger partial charge in [0.1, 0.15) is 0 Å². The van der Waals surface area contributed by atoms with Crippen LogP contribution in [0, 0.1) is 5.92 Å². The molecule has 0 aromatic carbocycles. The summed E-state index contributed by atoms with van der Waals surface area (Å²) in [6, 6.07) is 0. The van der Waals surface area contributed by atoms with Crippen LogP contribution >= 0.6 is 15.9 Å². The molecule has 0 aliphatic heterocycles. The fourth-order valence-electron chi connectivity index (χ4n) is 1.08. The number of rotatable bonds is 1. The SMILES string of the molecule is O[C@H]1[C@H](CBr)CC=C[C@@H]1O. The molecule has 3 atom stereocenters. The lowest BCUT2D eigenvalue weighted by Gasteiger charge is -2.26. The highest BCUT2D eigenvalue weighted by Gasteiger charge is 2.25. The van der Waals surface area contributed by atoms with Crippen molar-refractivity contribution in [3.8, 4) is 0 Å². The maximum absolute atomic E-state index is 9.31. The first-order valence-corrected chi connectivity index (χ1v) is 4.46. The normalized spacial score (nSPS) is 40.1. The summed E-state index contributed by atoms with van der Waals surface area (Å²) in [5.41, 5.74) is 0. The Balaban J connectivity index is 2.56. The molecule has 0 aromatic heterocycles. The maximum atomic E-state index is 9.31. The molecule has 0 radical (unpaired) electrons. The number of aliphatic hydroxyl groups is 2. The Hall–Kier alpha value is 0.140. The van der Waals surface area contributed by atoms with E-state index in [0.29, 0.717) is 0 Å². The minimum absolute atomic E-state index is 0.167.